The molecule has 0 saturated carbocycles. The normalized spacial score (nSPS) is 11.9. The topological polar surface area (TPSA) is 56.5 Å². The lowest BCUT2D eigenvalue weighted by Gasteiger charge is -2.07. The maximum absolute atomic E-state index is 13.5. The molecule has 2 aromatic carbocycles. The minimum atomic E-state index is -4.38. The van der Waals surface area contributed by atoms with E-state index < -0.39 is 23.4 Å². The van der Waals surface area contributed by atoms with Crippen molar-refractivity contribution in [3.63, 3.8) is 0 Å². The second kappa shape index (κ2) is 6.91. The number of nitrogens with zero attached hydrogens (tertiary/aromatic N) is 1. The molecule has 0 unspecified atom stereocenters. The maximum atomic E-state index is 13.5. The first-order chi connectivity index (χ1) is 13.7. The quantitative estimate of drug-likeness (QED) is 0.374. The average Bonchev–Trinajstić information content (AvgIpc) is 3.19. The molecule has 0 fully saturated rings. The van der Waals surface area contributed by atoms with E-state index in [-0.39, 0.29) is 0 Å². The smallest absolute Gasteiger partial charge is 0.359 e. The van der Waals surface area contributed by atoms with Gasteiger partial charge in [0.1, 0.15) is 0 Å². The van der Waals surface area contributed by atoms with Crippen molar-refractivity contribution < 1.29 is 22.0 Å². The molecule has 3 N–H and O–H groups in total. The second-order valence-corrected chi connectivity index (χ2v) is 6.67. The van der Waals surface area contributed by atoms with E-state index in [4.69, 9.17) is 0 Å². The first kappa shape index (κ1) is 19.0. The van der Waals surface area contributed by atoms with Gasteiger partial charge in [-0.1, -0.05) is 12.1 Å². The number of H-pyrrole nitrogens is 2. The molecule has 29 heavy (non-hydrogen) atoms. The molecule has 0 atom stereocenters. The lowest BCUT2D eigenvalue weighted by Crippen LogP contribution is -2.04. The summed E-state index contributed by atoms with van der Waals surface area (Å²) < 4.78 is 64.9. The fraction of sp³-hybridized carbons (Fsp3) is 0.150. The van der Waals surface area contributed by atoms with E-state index in [1.807, 2.05) is 0 Å². The lowest BCUT2D eigenvalue weighted by molar-refractivity contribution is -0.137. The number of aromatic nitrogens is 3. The van der Waals surface area contributed by atoms with Gasteiger partial charge in [0.05, 0.1) is 22.5 Å². The zero-order chi connectivity index (χ0) is 20.8. The molecule has 4 nitrogen and oxygen atoms in total. The van der Waals surface area contributed by atoms with Gasteiger partial charge < -0.3 is 15.3 Å². The van der Waals surface area contributed by atoms with Crippen LogP contribution in [-0.4, -0.2) is 15.0 Å². The Bertz CT molecular complexity index is 1170. The summed E-state index contributed by atoms with van der Waals surface area (Å²) in [6, 6.07) is 7.07. The van der Waals surface area contributed by atoms with Gasteiger partial charge in [0.25, 0.3) is 0 Å². The van der Waals surface area contributed by atoms with Gasteiger partial charge in [0.2, 0.25) is 5.95 Å². The first-order valence-electron chi connectivity index (χ1n) is 8.65. The highest BCUT2D eigenvalue weighted by Crippen LogP contribution is 2.30. The molecular formula is C20H15F5N4. The summed E-state index contributed by atoms with van der Waals surface area (Å²) in [6.07, 6.45) is -2.47. The van der Waals surface area contributed by atoms with Crippen LogP contribution in [0.5, 0.6) is 0 Å². The molecule has 0 radical (unpaired) electrons. The molecule has 4 aromatic rings. The van der Waals surface area contributed by atoms with Crippen LogP contribution in [0.4, 0.5) is 33.6 Å². The number of anilines is 2. The molecule has 0 spiro atoms. The van der Waals surface area contributed by atoms with Gasteiger partial charge in [-0.15, -0.1) is 0 Å². The van der Waals surface area contributed by atoms with E-state index in [0.717, 1.165) is 30.0 Å². The van der Waals surface area contributed by atoms with Gasteiger partial charge in [0, 0.05) is 29.8 Å². The van der Waals surface area contributed by atoms with E-state index in [2.05, 4.69) is 20.3 Å². The van der Waals surface area contributed by atoms with Crippen molar-refractivity contribution in [2.75, 3.05) is 5.32 Å². The minimum Gasteiger partial charge on any atom is -0.359 e. The number of benzene rings is 2. The Balaban J connectivity index is 1.55. The monoisotopic (exact) mass is 406 g/mol. The van der Waals surface area contributed by atoms with E-state index in [1.54, 1.807) is 13.1 Å². The Labute approximate surface area is 161 Å². The number of imidazole rings is 1. The number of hydrogen-bond acceptors (Lipinski definition) is 2. The average molecular weight is 406 g/mol. The molecule has 0 aliphatic rings. The Kier molecular flexibility index (Phi) is 4.52. The molecule has 150 valence electrons. The zero-order valence-electron chi connectivity index (χ0n) is 15.1. The van der Waals surface area contributed by atoms with Gasteiger partial charge in [0.15, 0.2) is 11.6 Å². The van der Waals surface area contributed by atoms with Crippen molar-refractivity contribution in [3.8, 4) is 0 Å². The largest absolute Gasteiger partial charge is 0.416 e. The lowest BCUT2D eigenvalue weighted by atomic mass is 10.1. The van der Waals surface area contributed by atoms with Crippen LogP contribution in [0.2, 0.25) is 0 Å². The Hall–Kier alpha value is -3.36. The molecule has 0 aliphatic carbocycles. The number of alkyl halides is 3. The van der Waals surface area contributed by atoms with Crippen LogP contribution in [0, 0.1) is 18.6 Å². The fourth-order valence-electron chi connectivity index (χ4n) is 3.08. The van der Waals surface area contributed by atoms with Crippen LogP contribution in [0.3, 0.4) is 0 Å². The van der Waals surface area contributed by atoms with Crippen LogP contribution in [-0.2, 0) is 12.6 Å². The van der Waals surface area contributed by atoms with Crippen molar-refractivity contribution in [2.45, 2.75) is 19.5 Å². The molecule has 2 aromatic heterocycles. The zero-order valence-corrected chi connectivity index (χ0v) is 15.1. The molecule has 0 bridgehead atoms. The minimum absolute atomic E-state index is 0.343. The molecule has 0 saturated heterocycles. The van der Waals surface area contributed by atoms with Crippen LogP contribution >= 0.6 is 0 Å². The summed E-state index contributed by atoms with van der Waals surface area (Å²) in [4.78, 5) is 10.3. The van der Waals surface area contributed by atoms with Crippen LogP contribution in [0.1, 0.15) is 22.5 Å². The van der Waals surface area contributed by atoms with Gasteiger partial charge in [-0.25, -0.2) is 13.8 Å². The number of hydrogen-bond donors (Lipinski definition) is 3. The number of nitrogens with one attached hydrogen (secondary N) is 3. The predicted molar refractivity (Wildman–Crippen MR) is 99.1 cm³/mol. The van der Waals surface area contributed by atoms with Crippen molar-refractivity contribution in [3.05, 3.63) is 76.7 Å². The number of aromatic amines is 2. The first-order valence-corrected chi connectivity index (χ1v) is 8.65. The predicted octanol–water partition coefficient (Wildman–Crippen LogP) is 5.83. The van der Waals surface area contributed by atoms with Crippen molar-refractivity contribution in [1.29, 1.82) is 0 Å². The molecule has 0 amide bonds. The maximum Gasteiger partial charge on any atom is 0.416 e. The van der Waals surface area contributed by atoms with Gasteiger partial charge in [-0.2, -0.15) is 13.2 Å². The van der Waals surface area contributed by atoms with E-state index in [0.29, 0.717) is 40.2 Å². The standard InChI is InChI=1S/C20H15F5N4/c1-10-16(6-11-2-4-12(5-3-11)20(23,24)25)28-19(27-10)29-18-9-26-17-8-15(22)14(21)7-13(17)18/h2-5,7-9,26H,6H2,1H3,(H2,27,28,29). The van der Waals surface area contributed by atoms with Crippen LogP contribution in [0.25, 0.3) is 10.9 Å². The number of halogens is 5. The summed E-state index contributed by atoms with van der Waals surface area (Å²) >= 11 is 0. The van der Waals surface area contributed by atoms with Crippen molar-refractivity contribution in [1.82, 2.24) is 15.0 Å². The van der Waals surface area contributed by atoms with Gasteiger partial charge in [-0.05, 0) is 30.7 Å². The van der Waals surface area contributed by atoms with E-state index >= 15 is 0 Å². The fourth-order valence-corrected chi connectivity index (χ4v) is 3.08. The number of rotatable bonds is 4. The highest BCUT2D eigenvalue weighted by Gasteiger charge is 2.29. The van der Waals surface area contributed by atoms with Crippen LogP contribution in [0.15, 0.2) is 42.6 Å². The molecule has 2 heterocycles. The molecule has 0 aliphatic heterocycles. The van der Waals surface area contributed by atoms with Crippen molar-refractivity contribution >= 4 is 22.5 Å². The molecule has 9 heteroatoms. The SMILES string of the molecule is Cc1[nH]c(Nc2c[nH]c3cc(F)c(F)cc23)nc1Cc1ccc(C(F)(F)F)cc1. The van der Waals surface area contributed by atoms with Crippen molar-refractivity contribution in [2.24, 2.45) is 0 Å². The number of aryl methyl sites for hydroxylation is 1. The number of fused-ring (bicyclic) bond motifs is 1. The summed E-state index contributed by atoms with van der Waals surface area (Å²) in [6.45, 7) is 1.79. The molecule has 4 rings (SSSR count). The highest BCUT2D eigenvalue weighted by atomic mass is 19.4. The highest BCUT2D eigenvalue weighted by molar-refractivity contribution is 5.93. The Morgan fingerprint density at radius 1 is 1.03 bits per heavy atom. The second-order valence-electron chi connectivity index (χ2n) is 6.67. The Morgan fingerprint density at radius 3 is 2.41 bits per heavy atom. The third-order valence-corrected chi connectivity index (χ3v) is 4.61. The summed E-state index contributed by atoms with van der Waals surface area (Å²) in [5.74, 6) is -1.52. The third-order valence-electron chi connectivity index (χ3n) is 4.61. The van der Waals surface area contributed by atoms with Crippen LogP contribution < -0.4 is 5.32 Å². The summed E-state index contributed by atoms with van der Waals surface area (Å²) in [5, 5.41) is 3.47. The van der Waals surface area contributed by atoms with E-state index in [9.17, 15) is 22.0 Å². The van der Waals surface area contributed by atoms with Gasteiger partial charge in [-0.3, -0.25) is 0 Å². The summed E-state index contributed by atoms with van der Waals surface area (Å²) in [7, 11) is 0. The van der Waals surface area contributed by atoms with E-state index in [1.165, 1.54) is 12.1 Å². The molecular weight excluding hydrogens is 391 g/mol. The summed E-state index contributed by atoms with van der Waals surface area (Å²) in [5.41, 5.74) is 2.32. The Morgan fingerprint density at radius 2 is 1.72 bits per heavy atom. The van der Waals surface area contributed by atoms with Gasteiger partial charge >= 0.3 is 6.18 Å². The third kappa shape index (κ3) is 3.80.